The summed E-state index contributed by atoms with van der Waals surface area (Å²) in [5, 5.41) is 18.4. The van der Waals surface area contributed by atoms with Gasteiger partial charge < -0.3 is 10.2 Å². The number of aliphatic hydroxyl groups is 1. The molecule has 0 fully saturated rings. The van der Waals surface area contributed by atoms with Crippen LogP contribution in [0.25, 0.3) is 0 Å². The van der Waals surface area contributed by atoms with E-state index >= 15 is 0 Å². The van der Waals surface area contributed by atoms with Gasteiger partial charge in [-0.1, -0.05) is 25.1 Å². The molecule has 2 N–H and O–H groups in total. The van der Waals surface area contributed by atoms with Crippen molar-refractivity contribution in [3.05, 3.63) is 34.9 Å². The first-order valence-electron chi connectivity index (χ1n) is 5.47. The Hall–Kier alpha value is -1.68. The summed E-state index contributed by atoms with van der Waals surface area (Å²) in [7, 11) is 0. The van der Waals surface area contributed by atoms with Crippen LogP contribution in [0.2, 0.25) is 0 Å². The molecule has 0 radical (unpaired) electrons. The minimum atomic E-state index is -1.53. The lowest BCUT2D eigenvalue weighted by Gasteiger charge is -2.12. The minimum Gasteiger partial charge on any atom is -0.479 e. The smallest absolute Gasteiger partial charge is 0.337 e. The summed E-state index contributed by atoms with van der Waals surface area (Å²) in [6.07, 6.45) is -0.638. The van der Waals surface area contributed by atoms with Crippen LogP contribution in [0, 0.1) is 0 Å². The zero-order chi connectivity index (χ0) is 13.0. The molecule has 0 amide bonds. The van der Waals surface area contributed by atoms with E-state index in [4.69, 9.17) is 5.11 Å². The zero-order valence-electron chi connectivity index (χ0n) is 9.93. The second-order valence-electron chi connectivity index (χ2n) is 4.01. The number of rotatable bonds is 5. The summed E-state index contributed by atoms with van der Waals surface area (Å²) in [5.74, 6) is -1.27. The highest BCUT2D eigenvalue weighted by Gasteiger charge is 2.19. The summed E-state index contributed by atoms with van der Waals surface area (Å²) in [6.45, 7) is 3.36. The summed E-state index contributed by atoms with van der Waals surface area (Å²) < 4.78 is 0. The number of carboxylic acid groups (broad SMARTS) is 1. The van der Waals surface area contributed by atoms with Gasteiger partial charge in [0.15, 0.2) is 6.10 Å². The molecular weight excluding hydrogens is 220 g/mol. The van der Waals surface area contributed by atoms with E-state index in [2.05, 4.69) is 0 Å². The number of carboxylic acids is 1. The van der Waals surface area contributed by atoms with Crippen LogP contribution in [0.1, 0.15) is 36.6 Å². The molecule has 1 atom stereocenters. The van der Waals surface area contributed by atoms with Crippen LogP contribution in [0.3, 0.4) is 0 Å². The Morgan fingerprint density at radius 1 is 1.35 bits per heavy atom. The van der Waals surface area contributed by atoms with Crippen molar-refractivity contribution >= 4 is 11.8 Å². The van der Waals surface area contributed by atoms with E-state index in [1.807, 2.05) is 6.92 Å². The quantitative estimate of drug-likeness (QED) is 0.812. The number of ketones is 1. The number of carbonyl (C=O) groups is 2. The molecule has 1 unspecified atom stereocenters. The highest BCUT2D eigenvalue weighted by molar-refractivity contribution is 5.79. The highest BCUT2D eigenvalue weighted by atomic mass is 16.4. The standard InChI is InChI=1S/C13H16O4/c1-3-10-5-4-9(6-8(2)14)7-11(10)12(15)13(16)17/h4-5,7,12,15H,3,6H2,1-2H3,(H,16,17). The largest absolute Gasteiger partial charge is 0.479 e. The Bertz CT molecular complexity index is 437. The maximum absolute atomic E-state index is 11.0. The van der Waals surface area contributed by atoms with Crippen molar-refractivity contribution < 1.29 is 19.8 Å². The molecule has 1 rings (SSSR count). The number of hydrogen-bond donors (Lipinski definition) is 2. The highest BCUT2D eigenvalue weighted by Crippen LogP contribution is 2.21. The molecule has 0 heterocycles. The first kappa shape index (κ1) is 13.4. The molecule has 0 aromatic heterocycles. The van der Waals surface area contributed by atoms with Gasteiger partial charge in [0.1, 0.15) is 5.78 Å². The third-order valence-electron chi connectivity index (χ3n) is 2.57. The summed E-state index contributed by atoms with van der Waals surface area (Å²) in [6, 6.07) is 5.15. The Labute approximate surface area is 99.9 Å². The number of carbonyl (C=O) groups excluding carboxylic acids is 1. The van der Waals surface area contributed by atoms with Gasteiger partial charge in [0.05, 0.1) is 0 Å². The van der Waals surface area contributed by atoms with E-state index in [1.165, 1.54) is 6.92 Å². The fraction of sp³-hybridized carbons (Fsp3) is 0.385. The summed E-state index contributed by atoms with van der Waals surface area (Å²) >= 11 is 0. The summed E-state index contributed by atoms with van der Waals surface area (Å²) in [4.78, 5) is 21.8. The maximum Gasteiger partial charge on any atom is 0.337 e. The number of aliphatic carboxylic acids is 1. The van der Waals surface area contributed by atoms with Crippen molar-refractivity contribution in [1.29, 1.82) is 0 Å². The van der Waals surface area contributed by atoms with Gasteiger partial charge in [0.2, 0.25) is 0 Å². The minimum absolute atomic E-state index is 0.00464. The monoisotopic (exact) mass is 236 g/mol. The first-order valence-corrected chi connectivity index (χ1v) is 5.47. The van der Waals surface area contributed by atoms with Crippen LogP contribution in [-0.4, -0.2) is 22.0 Å². The summed E-state index contributed by atoms with van der Waals surface area (Å²) in [5.41, 5.74) is 1.89. The lowest BCUT2D eigenvalue weighted by molar-refractivity contribution is -0.147. The number of Topliss-reactive ketones (excluding diaryl/α,β-unsaturated/α-hetero) is 1. The fourth-order valence-corrected chi connectivity index (χ4v) is 1.75. The molecule has 0 aliphatic heterocycles. The third-order valence-corrected chi connectivity index (χ3v) is 2.57. The van der Waals surface area contributed by atoms with Crippen LogP contribution in [0.5, 0.6) is 0 Å². The lowest BCUT2D eigenvalue weighted by Crippen LogP contribution is -2.13. The average Bonchev–Trinajstić information content (AvgIpc) is 2.27. The van der Waals surface area contributed by atoms with Gasteiger partial charge in [0.25, 0.3) is 0 Å². The number of aryl methyl sites for hydroxylation is 1. The maximum atomic E-state index is 11.0. The van der Waals surface area contributed by atoms with Crippen LogP contribution < -0.4 is 0 Å². The first-order chi connectivity index (χ1) is 7.95. The number of hydrogen-bond acceptors (Lipinski definition) is 3. The van der Waals surface area contributed by atoms with Crippen molar-refractivity contribution in [3.63, 3.8) is 0 Å². The van der Waals surface area contributed by atoms with Gasteiger partial charge in [-0.2, -0.15) is 0 Å². The average molecular weight is 236 g/mol. The molecule has 4 heteroatoms. The van der Waals surface area contributed by atoms with E-state index in [9.17, 15) is 14.7 Å². The Balaban J connectivity index is 3.14. The van der Waals surface area contributed by atoms with E-state index in [0.29, 0.717) is 12.0 Å². The second-order valence-corrected chi connectivity index (χ2v) is 4.01. The van der Waals surface area contributed by atoms with Crippen LogP contribution in [-0.2, 0) is 22.4 Å². The molecule has 0 aliphatic carbocycles. The van der Waals surface area contributed by atoms with E-state index in [-0.39, 0.29) is 12.2 Å². The van der Waals surface area contributed by atoms with Gasteiger partial charge in [-0.05, 0) is 30.0 Å². The molecule has 4 nitrogen and oxygen atoms in total. The van der Waals surface area contributed by atoms with Gasteiger partial charge in [-0.25, -0.2) is 4.79 Å². The van der Waals surface area contributed by atoms with Crippen LogP contribution >= 0.6 is 0 Å². The molecule has 17 heavy (non-hydrogen) atoms. The Morgan fingerprint density at radius 2 is 2.00 bits per heavy atom. The molecule has 0 saturated carbocycles. The molecule has 0 bridgehead atoms. The SMILES string of the molecule is CCc1ccc(CC(C)=O)cc1C(O)C(=O)O. The van der Waals surface area contributed by atoms with Gasteiger partial charge in [0, 0.05) is 6.42 Å². The van der Waals surface area contributed by atoms with Gasteiger partial charge in [-0.3, -0.25) is 4.79 Å². The topological polar surface area (TPSA) is 74.6 Å². The van der Waals surface area contributed by atoms with E-state index in [0.717, 1.165) is 11.1 Å². The van der Waals surface area contributed by atoms with E-state index in [1.54, 1.807) is 18.2 Å². The van der Waals surface area contributed by atoms with Crippen molar-refractivity contribution in [2.24, 2.45) is 0 Å². The van der Waals surface area contributed by atoms with Crippen molar-refractivity contribution in [3.8, 4) is 0 Å². The lowest BCUT2D eigenvalue weighted by atomic mass is 9.96. The predicted molar refractivity (Wildman–Crippen MR) is 62.8 cm³/mol. The molecule has 92 valence electrons. The van der Waals surface area contributed by atoms with Crippen LogP contribution in [0.15, 0.2) is 18.2 Å². The van der Waals surface area contributed by atoms with Crippen LogP contribution in [0.4, 0.5) is 0 Å². The Morgan fingerprint density at radius 3 is 2.47 bits per heavy atom. The number of aliphatic hydroxyl groups excluding tert-OH is 1. The second kappa shape index (κ2) is 5.59. The van der Waals surface area contributed by atoms with Crippen molar-refractivity contribution in [1.82, 2.24) is 0 Å². The predicted octanol–water partition coefficient (Wildman–Crippen LogP) is 1.50. The van der Waals surface area contributed by atoms with E-state index < -0.39 is 12.1 Å². The normalized spacial score (nSPS) is 12.2. The number of benzene rings is 1. The molecule has 0 aliphatic rings. The third kappa shape index (κ3) is 3.39. The molecule has 0 saturated heterocycles. The van der Waals surface area contributed by atoms with Crippen molar-refractivity contribution in [2.75, 3.05) is 0 Å². The fourth-order valence-electron chi connectivity index (χ4n) is 1.75. The zero-order valence-corrected chi connectivity index (χ0v) is 9.93. The Kier molecular flexibility index (Phi) is 4.40. The molecule has 1 aromatic rings. The molecular formula is C13H16O4. The molecule has 1 aromatic carbocycles. The van der Waals surface area contributed by atoms with Gasteiger partial charge in [-0.15, -0.1) is 0 Å². The molecule has 0 spiro atoms. The van der Waals surface area contributed by atoms with Crippen molar-refractivity contribution in [2.45, 2.75) is 32.8 Å². The van der Waals surface area contributed by atoms with Gasteiger partial charge >= 0.3 is 5.97 Å².